The second-order valence-electron chi connectivity index (χ2n) is 7.16. The van der Waals surface area contributed by atoms with Crippen LogP contribution in [0.15, 0.2) is 24.4 Å². The number of carbonyl (C=O) groups excluding carboxylic acids is 2. The van der Waals surface area contributed by atoms with Gasteiger partial charge >= 0.3 is 5.97 Å². The van der Waals surface area contributed by atoms with Crippen LogP contribution >= 0.6 is 0 Å². The van der Waals surface area contributed by atoms with Crippen molar-refractivity contribution >= 4 is 20.2 Å². The van der Waals surface area contributed by atoms with Gasteiger partial charge in [-0.15, -0.1) is 0 Å². The Kier molecular flexibility index (Phi) is 7.10. The summed E-state index contributed by atoms with van der Waals surface area (Å²) in [6, 6.07) is 4.28. The Labute approximate surface area is 145 Å². The Morgan fingerprint density at radius 1 is 1.29 bits per heavy atom. The molecule has 134 valence electrons. The molecule has 0 aliphatic heterocycles. The fourth-order valence-corrected chi connectivity index (χ4v) is 2.83. The SMILES string of the molecule is COC(=O)[C@@H](CCO[Si](C)(C)C(C)(C)C)NC(=O)c1ccccn1. The van der Waals surface area contributed by atoms with E-state index < -0.39 is 26.2 Å². The van der Waals surface area contributed by atoms with Crippen LogP contribution in [-0.4, -0.2) is 44.9 Å². The molecule has 0 aliphatic rings. The van der Waals surface area contributed by atoms with Crippen molar-refractivity contribution < 1.29 is 18.8 Å². The summed E-state index contributed by atoms with van der Waals surface area (Å²) in [7, 11) is -0.595. The van der Waals surface area contributed by atoms with Crippen molar-refractivity contribution in [2.24, 2.45) is 0 Å². The molecule has 0 saturated carbocycles. The molecule has 0 spiro atoms. The largest absolute Gasteiger partial charge is 0.467 e. The van der Waals surface area contributed by atoms with Crippen molar-refractivity contribution in [2.75, 3.05) is 13.7 Å². The lowest BCUT2D eigenvalue weighted by molar-refractivity contribution is -0.143. The maximum atomic E-state index is 12.2. The van der Waals surface area contributed by atoms with Crippen molar-refractivity contribution in [3.63, 3.8) is 0 Å². The van der Waals surface area contributed by atoms with E-state index >= 15 is 0 Å². The Balaban J connectivity index is 2.67. The van der Waals surface area contributed by atoms with Gasteiger partial charge in [0.05, 0.1) is 7.11 Å². The number of aromatic nitrogens is 1. The number of rotatable bonds is 7. The van der Waals surface area contributed by atoms with Crippen LogP contribution in [0.1, 0.15) is 37.7 Å². The van der Waals surface area contributed by atoms with E-state index in [1.807, 2.05) is 0 Å². The van der Waals surface area contributed by atoms with Crippen LogP contribution in [0.25, 0.3) is 0 Å². The normalized spacial score (nSPS) is 13.2. The lowest BCUT2D eigenvalue weighted by atomic mass is 10.2. The number of amides is 1. The van der Waals surface area contributed by atoms with E-state index in [0.717, 1.165) is 0 Å². The third-order valence-corrected chi connectivity index (χ3v) is 8.90. The topological polar surface area (TPSA) is 77.5 Å². The standard InChI is InChI=1S/C17H28N2O4Si/c1-17(2,3)24(5,6)23-12-10-14(16(21)22-4)19-15(20)13-9-7-8-11-18-13/h7-9,11,14H,10,12H2,1-6H3,(H,19,20)/t14-/m1/s1. The molecule has 6 nitrogen and oxygen atoms in total. The van der Waals surface area contributed by atoms with Gasteiger partial charge in [0.1, 0.15) is 11.7 Å². The molecular formula is C17H28N2O4Si. The number of methoxy groups -OCH3 is 1. The average Bonchev–Trinajstić information content (AvgIpc) is 2.52. The summed E-state index contributed by atoms with van der Waals surface area (Å²) in [5.41, 5.74) is 0.261. The highest BCUT2D eigenvalue weighted by molar-refractivity contribution is 6.74. The molecule has 1 amide bonds. The number of carbonyl (C=O) groups is 2. The lowest BCUT2D eigenvalue weighted by Crippen LogP contribution is -2.45. The first kappa shape index (κ1) is 20.3. The van der Waals surface area contributed by atoms with Crippen LogP contribution in [0, 0.1) is 0 Å². The first-order valence-electron chi connectivity index (χ1n) is 8.02. The molecule has 1 N–H and O–H groups in total. The molecule has 0 aromatic carbocycles. The minimum Gasteiger partial charge on any atom is -0.467 e. The predicted molar refractivity (Wildman–Crippen MR) is 95.3 cm³/mol. The number of hydrogen-bond donors (Lipinski definition) is 1. The first-order chi connectivity index (χ1) is 11.1. The van der Waals surface area contributed by atoms with Crippen LogP contribution in [0.5, 0.6) is 0 Å². The highest BCUT2D eigenvalue weighted by Crippen LogP contribution is 2.36. The second-order valence-corrected chi connectivity index (χ2v) is 12.0. The van der Waals surface area contributed by atoms with E-state index in [1.165, 1.54) is 13.3 Å². The van der Waals surface area contributed by atoms with E-state index in [4.69, 9.17) is 9.16 Å². The Bertz CT molecular complexity index is 555. The molecule has 7 heteroatoms. The Morgan fingerprint density at radius 3 is 2.46 bits per heavy atom. The lowest BCUT2D eigenvalue weighted by Gasteiger charge is -2.36. The molecule has 0 aliphatic carbocycles. The smallest absolute Gasteiger partial charge is 0.328 e. The molecule has 1 rings (SSSR count). The van der Waals surface area contributed by atoms with Gasteiger partial charge in [0, 0.05) is 19.2 Å². The van der Waals surface area contributed by atoms with Crippen LogP contribution in [-0.2, 0) is 14.0 Å². The summed E-state index contributed by atoms with van der Waals surface area (Å²) in [5, 5.41) is 2.76. The molecule has 1 aromatic heterocycles. The molecule has 0 bridgehead atoms. The van der Waals surface area contributed by atoms with Gasteiger partial charge in [0.2, 0.25) is 0 Å². The van der Waals surface area contributed by atoms with Gasteiger partial charge in [0.15, 0.2) is 8.32 Å². The Morgan fingerprint density at radius 2 is 1.96 bits per heavy atom. The quantitative estimate of drug-likeness (QED) is 0.603. The van der Waals surface area contributed by atoms with Gasteiger partial charge in [0.25, 0.3) is 5.91 Å². The van der Waals surface area contributed by atoms with Gasteiger partial charge in [-0.3, -0.25) is 9.78 Å². The average molecular weight is 353 g/mol. The minimum absolute atomic E-state index is 0.0883. The third kappa shape index (κ3) is 5.72. The van der Waals surface area contributed by atoms with E-state index in [-0.39, 0.29) is 10.7 Å². The van der Waals surface area contributed by atoms with E-state index in [1.54, 1.807) is 18.2 Å². The molecule has 1 atom stereocenters. The predicted octanol–water partition coefficient (Wildman–Crippen LogP) is 2.76. The zero-order valence-corrected chi connectivity index (χ0v) is 16.4. The van der Waals surface area contributed by atoms with E-state index in [2.05, 4.69) is 44.2 Å². The molecule has 1 heterocycles. The van der Waals surface area contributed by atoms with Gasteiger partial charge in [-0.2, -0.15) is 0 Å². The molecule has 0 unspecified atom stereocenters. The minimum atomic E-state index is -1.90. The van der Waals surface area contributed by atoms with Crippen molar-refractivity contribution in [1.29, 1.82) is 0 Å². The highest BCUT2D eigenvalue weighted by atomic mass is 28.4. The summed E-state index contributed by atoms with van der Waals surface area (Å²) in [6.45, 7) is 11.1. The third-order valence-electron chi connectivity index (χ3n) is 4.36. The summed E-state index contributed by atoms with van der Waals surface area (Å²) in [4.78, 5) is 28.1. The molecule has 1 aromatic rings. The first-order valence-corrected chi connectivity index (χ1v) is 10.9. The van der Waals surface area contributed by atoms with E-state index in [9.17, 15) is 9.59 Å². The molecule has 0 radical (unpaired) electrons. The fourth-order valence-electron chi connectivity index (χ4n) is 1.77. The summed E-state index contributed by atoms with van der Waals surface area (Å²) >= 11 is 0. The molecule has 0 fully saturated rings. The highest BCUT2D eigenvalue weighted by Gasteiger charge is 2.37. The zero-order chi connectivity index (χ0) is 18.4. The second kappa shape index (κ2) is 8.39. The fraction of sp³-hybridized carbons (Fsp3) is 0.588. The number of hydrogen-bond acceptors (Lipinski definition) is 5. The summed E-state index contributed by atoms with van der Waals surface area (Å²) in [5.74, 6) is -0.892. The van der Waals surface area contributed by atoms with Crippen LogP contribution in [0.4, 0.5) is 0 Å². The zero-order valence-electron chi connectivity index (χ0n) is 15.4. The van der Waals surface area contributed by atoms with Crippen molar-refractivity contribution in [1.82, 2.24) is 10.3 Å². The number of nitrogens with one attached hydrogen (secondary N) is 1. The van der Waals surface area contributed by atoms with Crippen LogP contribution < -0.4 is 5.32 Å². The monoisotopic (exact) mass is 352 g/mol. The van der Waals surface area contributed by atoms with Crippen molar-refractivity contribution in [2.45, 2.75) is 51.4 Å². The number of pyridine rings is 1. The van der Waals surface area contributed by atoms with Gasteiger partial charge in [-0.25, -0.2) is 4.79 Å². The Hall–Kier alpha value is -1.73. The summed E-state index contributed by atoms with van der Waals surface area (Å²) in [6.07, 6.45) is 1.89. The number of nitrogens with zero attached hydrogens (tertiary/aromatic N) is 1. The molecule has 0 saturated heterocycles. The van der Waals surface area contributed by atoms with Crippen molar-refractivity contribution in [3.05, 3.63) is 30.1 Å². The van der Waals surface area contributed by atoms with E-state index in [0.29, 0.717) is 13.0 Å². The summed E-state index contributed by atoms with van der Waals surface area (Å²) < 4.78 is 10.9. The number of esters is 1. The van der Waals surface area contributed by atoms with Crippen LogP contribution in [0.2, 0.25) is 18.1 Å². The molecular weight excluding hydrogens is 324 g/mol. The molecule has 24 heavy (non-hydrogen) atoms. The van der Waals surface area contributed by atoms with Gasteiger partial charge < -0.3 is 14.5 Å². The maximum Gasteiger partial charge on any atom is 0.328 e. The number of ether oxygens (including phenoxy) is 1. The van der Waals surface area contributed by atoms with Crippen LogP contribution in [0.3, 0.4) is 0 Å². The van der Waals surface area contributed by atoms with Gasteiger partial charge in [-0.1, -0.05) is 26.8 Å². The van der Waals surface area contributed by atoms with Gasteiger partial charge in [-0.05, 0) is 30.3 Å². The maximum absolute atomic E-state index is 12.2. The van der Waals surface area contributed by atoms with Crippen molar-refractivity contribution in [3.8, 4) is 0 Å².